The molecular formula is C28H40N4O2. The van der Waals surface area contributed by atoms with Crippen molar-refractivity contribution in [2.24, 2.45) is 17.1 Å². The summed E-state index contributed by atoms with van der Waals surface area (Å²) < 4.78 is 0. The quantitative estimate of drug-likeness (QED) is 0.462. The predicted octanol–water partition coefficient (Wildman–Crippen LogP) is 4.31. The molecule has 3 rings (SSSR count). The van der Waals surface area contributed by atoms with Crippen LogP contribution in [0.5, 0.6) is 0 Å². The second-order valence-corrected chi connectivity index (χ2v) is 10.2. The van der Waals surface area contributed by atoms with E-state index in [1.807, 2.05) is 48.5 Å². The second kappa shape index (κ2) is 12.7. The van der Waals surface area contributed by atoms with Crippen LogP contribution in [0.3, 0.4) is 0 Å². The van der Waals surface area contributed by atoms with Crippen LogP contribution in [-0.4, -0.2) is 29.4 Å². The molecule has 4 N–H and O–H groups in total. The molecule has 0 bridgehead atoms. The zero-order valence-electron chi connectivity index (χ0n) is 20.6. The summed E-state index contributed by atoms with van der Waals surface area (Å²) in [6.07, 6.45) is 8.69. The summed E-state index contributed by atoms with van der Waals surface area (Å²) >= 11 is 0. The number of pyridine rings is 1. The van der Waals surface area contributed by atoms with Crippen LogP contribution in [0.2, 0.25) is 0 Å². The van der Waals surface area contributed by atoms with Gasteiger partial charge in [-0.25, -0.2) is 0 Å². The highest BCUT2D eigenvalue weighted by Crippen LogP contribution is 2.39. The predicted molar refractivity (Wildman–Crippen MR) is 136 cm³/mol. The number of nitrogens with two attached hydrogens (primary N) is 1. The van der Waals surface area contributed by atoms with Crippen LogP contribution in [0.15, 0.2) is 54.7 Å². The highest BCUT2D eigenvalue weighted by Gasteiger charge is 2.35. The van der Waals surface area contributed by atoms with E-state index in [1.165, 1.54) is 6.42 Å². The molecule has 1 heterocycles. The Labute approximate surface area is 204 Å². The van der Waals surface area contributed by atoms with Gasteiger partial charge in [-0.3, -0.25) is 14.6 Å². The number of benzene rings is 1. The third kappa shape index (κ3) is 7.94. The summed E-state index contributed by atoms with van der Waals surface area (Å²) in [6.45, 7) is 4.63. The van der Waals surface area contributed by atoms with Crippen molar-refractivity contribution in [1.82, 2.24) is 15.6 Å². The van der Waals surface area contributed by atoms with Crippen molar-refractivity contribution in [2.75, 3.05) is 6.54 Å². The van der Waals surface area contributed by atoms with E-state index in [9.17, 15) is 9.59 Å². The molecule has 1 fully saturated rings. The largest absolute Gasteiger partial charge is 0.354 e. The van der Waals surface area contributed by atoms with Crippen LogP contribution < -0.4 is 16.4 Å². The van der Waals surface area contributed by atoms with E-state index in [2.05, 4.69) is 29.5 Å². The van der Waals surface area contributed by atoms with Crippen molar-refractivity contribution in [3.63, 3.8) is 0 Å². The minimum absolute atomic E-state index is 0.0208. The normalized spacial score (nSPS) is 17.1. The van der Waals surface area contributed by atoms with Crippen LogP contribution in [0.4, 0.5) is 0 Å². The fourth-order valence-corrected chi connectivity index (χ4v) is 4.99. The van der Waals surface area contributed by atoms with Crippen molar-refractivity contribution in [3.05, 3.63) is 66.0 Å². The molecule has 0 saturated heterocycles. The fraction of sp³-hybridized carbons (Fsp3) is 0.536. The first-order valence-corrected chi connectivity index (χ1v) is 12.6. The molecule has 0 spiro atoms. The fourth-order valence-electron chi connectivity index (χ4n) is 4.99. The van der Waals surface area contributed by atoms with Crippen molar-refractivity contribution in [2.45, 2.75) is 77.3 Å². The van der Waals surface area contributed by atoms with Gasteiger partial charge < -0.3 is 16.4 Å². The molecule has 1 aliphatic carbocycles. The Morgan fingerprint density at radius 2 is 1.74 bits per heavy atom. The number of rotatable bonds is 11. The second-order valence-electron chi connectivity index (χ2n) is 10.2. The van der Waals surface area contributed by atoms with Crippen LogP contribution >= 0.6 is 0 Å². The third-order valence-corrected chi connectivity index (χ3v) is 6.83. The lowest BCUT2D eigenvalue weighted by molar-refractivity contribution is -0.127. The Morgan fingerprint density at radius 1 is 1.03 bits per heavy atom. The lowest BCUT2D eigenvalue weighted by Crippen LogP contribution is -2.48. The molecule has 6 heteroatoms. The number of carbonyl (C=O) groups is 2. The molecule has 1 saturated carbocycles. The van der Waals surface area contributed by atoms with Gasteiger partial charge >= 0.3 is 0 Å². The first kappa shape index (κ1) is 25.9. The third-order valence-electron chi connectivity index (χ3n) is 6.83. The maximum Gasteiger partial charge on any atom is 0.236 e. The molecule has 184 valence electrons. The summed E-state index contributed by atoms with van der Waals surface area (Å²) in [5.74, 6) is 0.271. The standard InChI is InChI=1S/C28H40N4O2/c1-21(2)17-24(29)27(34)31-20-28(14-8-4-9-15-28)19-26(33)32-25(22-11-5-3-6-12-22)18-23-13-7-10-16-30-23/h3,5-7,10-13,16,21,24-25H,4,8-9,14-15,17-20,29H2,1-2H3,(H,31,34)(H,32,33). The Kier molecular flexibility index (Phi) is 9.63. The van der Waals surface area contributed by atoms with Gasteiger partial charge in [-0.15, -0.1) is 0 Å². The van der Waals surface area contributed by atoms with Crippen LogP contribution in [-0.2, 0) is 16.0 Å². The Balaban J connectivity index is 1.67. The molecule has 1 aromatic heterocycles. The van der Waals surface area contributed by atoms with E-state index in [-0.39, 0.29) is 23.3 Å². The smallest absolute Gasteiger partial charge is 0.236 e. The summed E-state index contributed by atoms with van der Waals surface area (Å²) in [5, 5.41) is 6.35. The van der Waals surface area contributed by atoms with Gasteiger partial charge in [-0.05, 0) is 48.3 Å². The SMILES string of the molecule is CC(C)CC(N)C(=O)NCC1(CC(=O)NC(Cc2ccccn2)c2ccccc2)CCCCC1. The Bertz CT molecular complexity index is 895. The highest BCUT2D eigenvalue weighted by molar-refractivity contribution is 5.82. The molecule has 1 aromatic carbocycles. The molecule has 6 nitrogen and oxygen atoms in total. The van der Waals surface area contributed by atoms with Crippen LogP contribution in [0.25, 0.3) is 0 Å². The van der Waals surface area contributed by atoms with E-state index in [0.29, 0.717) is 31.7 Å². The molecule has 2 atom stereocenters. The van der Waals surface area contributed by atoms with Gasteiger partial charge in [-0.1, -0.05) is 69.5 Å². The summed E-state index contributed by atoms with van der Waals surface area (Å²) in [7, 11) is 0. The van der Waals surface area contributed by atoms with Gasteiger partial charge in [0.1, 0.15) is 0 Å². The first-order chi connectivity index (χ1) is 16.4. The van der Waals surface area contributed by atoms with Gasteiger partial charge in [-0.2, -0.15) is 0 Å². The number of nitrogens with one attached hydrogen (secondary N) is 2. The van der Waals surface area contributed by atoms with E-state index in [4.69, 9.17) is 5.73 Å². The van der Waals surface area contributed by atoms with Gasteiger partial charge in [0.25, 0.3) is 0 Å². The lowest BCUT2D eigenvalue weighted by atomic mass is 9.71. The number of aromatic nitrogens is 1. The van der Waals surface area contributed by atoms with Gasteiger partial charge in [0, 0.05) is 31.3 Å². The number of hydrogen-bond donors (Lipinski definition) is 3. The number of hydrogen-bond acceptors (Lipinski definition) is 4. The molecule has 2 aromatic rings. The zero-order valence-corrected chi connectivity index (χ0v) is 20.6. The van der Waals surface area contributed by atoms with Crippen molar-refractivity contribution >= 4 is 11.8 Å². The molecule has 1 aliphatic rings. The van der Waals surface area contributed by atoms with E-state index < -0.39 is 6.04 Å². The molecule has 34 heavy (non-hydrogen) atoms. The molecule has 2 amide bonds. The molecule has 0 aliphatic heterocycles. The maximum absolute atomic E-state index is 13.3. The number of nitrogens with zero attached hydrogens (tertiary/aromatic N) is 1. The first-order valence-electron chi connectivity index (χ1n) is 12.6. The van der Waals surface area contributed by atoms with E-state index in [0.717, 1.165) is 36.9 Å². The molecular weight excluding hydrogens is 424 g/mol. The molecule has 2 unspecified atom stereocenters. The highest BCUT2D eigenvalue weighted by atomic mass is 16.2. The van der Waals surface area contributed by atoms with Crippen LogP contribution in [0.1, 0.15) is 76.1 Å². The van der Waals surface area contributed by atoms with Crippen molar-refractivity contribution in [1.29, 1.82) is 0 Å². The van der Waals surface area contributed by atoms with Gasteiger partial charge in [0.2, 0.25) is 11.8 Å². The van der Waals surface area contributed by atoms with E-state index >= 15 is 0 Å². The number of carbonyl (C=O) groups excluding carboxylic acids is 2. The van der Waals surface area contributed by atoms with Crippen molar-refractivity contribution < 1.29 is 9.59 Å². The van der Waals surface area contributed by atoms with Crippen LogP contribution in [0, 0.1) is 11.3 Å². The molecule has 0 radical (unpaired) electrons. The summed E-state index contributed by atoms with van der Waals surface area (Å²) in [4.78, 5) is 30.4. The summed E-state index contributed by atoms with van der Waals surface area (Å²) in [6, 6.07) is 15.2. The topological polar surface area (TPSA) is 97.1 Å². The summed E-state index contributed by atoms with van der Waals surface area (Å²) in [5.41, 5.74) is 7.87. The maximum atomic E-state index is 13.3. The minimum Gasteiger partial charge on any atom is -0.354 e. The average Bonchev–Trinajstić information content (AvgIpc) is 2.83. The van der Waals surface area contributed by atoms with Gasteiger partial charge in [0.15, 0.2) is 0 Å². The Morgan fingerprint density at radius 3 is 2.38 bits per heavy atom. The van der Waals surface area contributed by atoms with Gasteiger partial charge in [0.05, 0.1) is 12.1 Å². The zero-order chi connectivity index (χ0) is 24.4. The van der Waals surface area contributed by atoms with Crippen molar-refractivity contribution in [3.8, 4) is 0 Å². The Hall–Kier alpha value is -2.73. The number of amides is 2. The minimum atomic E-state index is -0.504. The monoisotopic (exact) mass is 464 g/mol. The average molecular weight is 465 g/mol. The van der Waals surface area contributed by atoms with E-state index in [1.54, 1.807) is 6.20 Å². The lowest BCUT2D eigenvalue weighted by Gasteiger charge is -2.37.